The molecule has 3 aromatic rings. The van der Waals surface area contributed by atoms with Crippen molar-refractivity contribution in [3.63, 3.8) is 0 Å². The third kappa shape index (κ3) is 2.94. The van der Waals surface area contributed by atoms with Gasteiger partial charge in [-0.2, -0.15) is 4.98 Å². The molecule has 2 aromatic carbocycles. The van der Waals surface area contributed by atoms with Crippen LogP contribution in [0.5, 0.6) is 17.5 Å². The van der Waals surface area contributed by atoms with Gasteiger partial charge in [0.15, 0.2) is 0 Å². The largest absolute Gasteiger partial charge is 0.497 e. The molecule has 0 saturated heterocycles. The Morgan fingerprint density at radius 3 is 2.57 bits per heavy atom. The first-order valence-corrected chi connectivity index (χ1v) is 6.34. The summed E-state index contributed by atoms with van der Waals surface area (Å²) < 4.78 is 12.4. The van der Waals surface area contributed by atoms with Gasteiger partial charge < -0.3 is 15.2 Å². The highest BCUT2D eigenvalue weighted by Crippen LogP contribution is 2.26. The summed E-state index contributed by atoms with van der Waals surface area (Å²) in [5.41, 5.74) is 7.23. The Labute approximate surface area is 121 Å². The second-order valence-corrected chi connectivity index (χ2v) is 4.35. The third-order valence-electron chi connectivity index (χ3n) is 2.84. The normalized spacial score (nSPS) is 10.3. The van der Waals surface area contributed by atoms with Crippen LogP contribution in [0.25, 0.3) is 5.69 Å². The number of hydrogen-bond acceptors (Lipinski definition) is 5. The smallest absolute Gasteiger partial charge is 0.341 e. The number of rotatable bonds is 4. The van der Waals surface area contributed by atoms with Gasteiger partial charge in [-0.25, -0.2) is 4.68 Å². The zero-order chi connectivity index (χ0) is 14.7. The van der Waals surface area contributed by atoms with E-state index in [9.17, 15) is 0 Å². The van der Waals surface area contributed by atoms with Crippen LogP contribution in [0.1, 0.15) is 0 Å². The molecule has 0 aliphatic carbocycles. The maximum absolute atomic E-state index is 5.78. The molecule has 0 fully saturated rings. The van der Waals surface area contributed by atoms with Gasteiger partial charge in [-0.05, 0) is 12.1 Å². The van der Waals surface area contributed by atoms with E-state index in [-0.39, 0.29) is 6.01 Å². The van der Waals surface area contributed by atoms with Crippen molar-refractivity contribution in [3.8, 4) is 23.2 Å². The van der Waals surface area contributed by atoms with Crippen LogP contribution in [0.4, 0.5) is 5.69 Å². The number of nitrogens with zero attached hydrogens (tertiary/aromatic N) is 3. The highest BCUT2D eigenvalue weighted by atomic mass is 16.5. The molecule has 0 aliphatic rings. The number of benzene rings is 2. The van der Waals surface area contributed by atoms with Crippen molar-refractivity contribution in [2.24, 2.45) is 0 Å². The molecule has 6 nitrogen and oxygen atoms in total. The van der Waals surface area contributed by atoms with E-state index >= 15 is 0 Å². The third-order valence-corrected chi connectivity index (χ3v) is 2.84. The van der Waals surface area contributed by atoms with Crippen LogP contribution in [-0.2, 0) is 0 Å². The lowest BCUT2D eigenvalue weighted by molar-refractivity contribution is 0.404. The number of methoxy groups -OCH3 is 1. The van der Waals surface area contributed by atoms with Crippen molar-refractivity contribution in [3.05, 3.63) is 54.9 Å². The molecule has 1 aromatic heterocycles. The van der Waals surface area contributed by atoms with Crippen molar-refractivity contribution in [1.82, 2.24) is 14.8 Å². The minimum absolute atomic E-state index is 0.242. The number of nitrogens with two attached hydrogens (primary N) is 1. The number of hydrogen-bond donors (Lipinski definition) is 1. The van der Waals surface area contributed by atoms with Crippen LogP contribution in [0.15, 0.2) is 54.9 Å². The summed E-state index contributed by atoms with van der Waals surface area (Å²) in [4.78, 5) is 4.12. The molecule has 1 heterocycles. The Balaban J connectivity index is 1.83. The zero-order valence-corrected chi connectivity index (χ0v) is 11.4. The van der Waals surface area contributed by atoms with E-state index in [1.165, 1.54) is 0 Å². The van der Waals surface area contributed by atoms with Gasteiger partial charge in [0.05, 0.1) is 12.8 Å². The molecule has 0 bridgehead atoms. The van der Waals surface area contributed by atoms with E-state index in [1.807, 2.05) is 30.3 Å². The lowest BCUT2D eigenvalue weighted by Gasteiger charge is -2.05. The molecular formula is C15H14N4O2. The summed E-state index contributed by atoms with van der Waals surface area (Å²) in [5, 5.41) is 4.26. The van der Waals surface area contributed by atoms with Gasteiger partial charge in [-0.3, -0.25) is 0 Å². The van der Waals surface area contributed by atoms with Gasteiger partial charge in [0.1, 0.15) is 17.8 Å². The highest BCUT2D eigenvalue weighted by molar-refractivity contribution is 5.50. The summed E-state index contributed by atoms with van der Waals surface area (Å²) in [6.07, 6.45) is 1.59. The molecule has 0 aliphatic heterocycles. The molecule has 6 heteroatoms. The highest BCUT2D eigenvalue weighted by Gasteiger charge is 2.07. The number of para-hydroxylation sites is 1. The van der Waals surface area contributed by atoms with Crippen LogP contribution in [0, 0.1) is 0 Å². The van der Waals surface area contributed by atoms with Crippen molar-refractivity contribution < 1.29 is 9.47 Å². The first-order chi connectivity index (χ1) is 10.2. The second-order valence-electron chi connectivity index (χ2n) is 4.35. The predicted molar refractivity (Wildman–Crippen MR) is 78.8 cm³/mol. The lowest BCUT2D eigenvalue weighted by atomic mass is 10.3. The van der Waals surface area contributed by atoms with Crippen LogP contribution >= 0.6 is 0 Å². The molecule has 0 spiro atoms. The van der Waals surface area contributed by atoms with Gasteiger partial charge in [0.2, 0.25) is 0 Å². The van der Waals surface area contributed by atoms with Crippen molar-refractivity contribution >= 4 is 5.69 Å². The lowest BCUT2D eigenvalue weighted by Crippen LogP contribution is -1.95. The Kier molecular flexibility index (Phi) is 3.42. The fraction of sp³-hybridized carbons (Fsp3) is 0.0667. The van der Waals surface area contributed by atoms with Crippen LogP contribution < -0.4 is 15.2 Å². The molecule has 106 valence electrons. The average molecular weight is 282 g/mol. The van der Waals surface area contributed by atoms with Crippen LogP contribution in [0.2, 0.25) is 0 Å². The van der Waals surface area contributed by atoms with Gasteiger partial charge in [0.25, 0.3) is 0 Å². The summed E-state index contributed by atoms with van der Waals surface area (Å²) in [6.45, 7) is 0. The van der Waals surface area contributed by atoms with Crippen LogP contribution in [-0.4, -0.2) is 21.9 Å². The van der Waals surface area contributed by atoms with Crippen LogP contribution in [0.3, 0.4) is 0 Å². The Hall–Kier alpha value is -3.02. The van der Waals surface area contributed by atoms with E-state index in [0.717, 1.165) is 5.69 Å². The van der Waals surface area contributed by atoms with Crippen molar-refractivity contribution in [1.29, 1.82) is 0 Å². The number of aromatic nitrogens is 3. The maximum Gasteiger partial charge on any atom is 0.341 e. The Morgan fingerprint density at radius 1 is 1.05 bits per heavy atom. The van der Waals surface area contributed by atoms with Gasteiger partial charge in [-0.15, -0.1) is 5.10 Å². The first-order valence-electron chi connectivity index (χ1n) is 6.34. The van der Waals surface area contributed by atoms with E-state index in [4.69, 9.17) is 15.2 Å². The maximum atomic E-state index is 5.78. The minimum atomic E-state index is 0.242. The summed E-state index contributed by atoms with van der Waals surface area (Å²) >= 11 is 0. The molecular weight excluding hydrogens is 268 g/mol. The number of nitrogen functional groups attached to an aromatic ring is 1. The quantitative estimate of drug-likeness (QED) is 0.744. The van der Waals surface area contributed by atoms with E-state index in [0.29, 0.717) is 17.2 Å². The van der Waals surface area contributed by atoms with Gasteiger partial charge in [-0.1, -0.05) is 18.2 Å². The molecule has 0 saturated carbocycles. The summed E-state index contributed by atoms with van der Waals surface area (Å²) in [5.74, 6) is 1.14. The summed E-state index contributed by atoms with van der Waals surface area (Å²) in [7, 11) is 1.57. The molecule has 0 radical (unpaired) electrons. The van der Waals surface area contributed by atoms with E-state index in [2.05, 4.69) is 10.1 Å². The van der Waals surface area contributed by atoms with E-state index in [1.54, 1.807) is 36.3 Å². The topological polar surface area (TPSA) is 75.2 Å². The van der Waals surface area contributed by atoms with Gasteiger partial charge >= 0.3 is 6.01 Å². The minimum Gasteiger partial charge on any atom is -0.497 e. The molecule has 2 N–H and O–H groups in total. The van der Waals surface area contributed by atoms with Gasteiger partial charge in [0, 0.05) is 23.9 Å². The first kappa shape index (κ1) is 13.0. The number of anilines is 1. The number of ether oxygens (including phenoxy) is 2. The monoisotopic (exact) mass is 282 g/mol. The SMILES string of the molecule is COc1cc(N)cc(Oc2ncn(-c3ccccc3)n2)c1. The Morgan fingerprint density at radius 2 is 1.81 bits per heavy atom. The summed E-state index contributed by atoms with van der Waals surface area (Å²) in [6, 6.07) is 15.0. The van der Waals surface area contributed by atoms with Crippen molar-refractivity contribution in [2.45, 2.75) is 0 Å². The Bertz CT molecular complexity index is 740. The van der Waals surface area contributed by atoms with Crippen molar-refractivity contribution in [2.75, 3.05) is 12.8 Å². The predicted octanol–water partition coefficient (Wildman–Crippen LogP) is 2.65. The van der Waals surface area contributed by atoms with E-state index < -0.39 is 0 Å². The molecule has 0 amide bonds. The molecule has 0 unspecified atom stereocenters. The fourth-order valence-electron chi connectivity index (χ4n) is 1.88. The standard InChI is InChI=1S/C15H14N4O2/c1-20-13-7-11(16)8-14(9-13)21-15-17-10-19(18-15)12-5-3-2-4-6-12/h2-10H,16H2,1H3. The fourth-order valence-corrected chi connectivity index (χ4v) is 1.88. The zero-order valence-electron chi connectivity index (χ0n) is 11.4. The average Bonchev–Trinajstić information content (AvgIpc) is 2.96. The molecule has 3 rings (SSSR count). The molecule has 0 atom stereocenters. The molecule has 21 heavy (non-hydrogen) atoms. The second kappa shape index (κ2) is 5.54.